The van der Waals surface area contributed by atoms with E-state index >= 15 is 0 Å². The number of rotatable bonds is 7. The van der Waals surface area contributed by atoms with E-state index < -0.39 is 24.0 Å². The van der Waals surface area contributed by atoms with Gasteiger partial charge in [-0.15, -0.1) is 0 Å². The van der Waals surface area contributed by atoms with Gasteiger partial charge >= 0.3 is 0 Å². The first-order valence-corrected chi connectivity index (χ1v) is 7.70. The number of carbonyl (C=O) groups excluding carboxylic acids is 2. The Kier molecular flexibility index (Phi) is 7.17. The van der Waals surface area contributed by atoms with E-state index in [0.717, 1.165) is 12.4 Å². The van der Waals surface area contributed by atoms with Crippen molar-refractivity contribution in [1.82, 2.24) is 10.9 Å². The van der Waals surface area contributed by atoms with Crippen LogP contribution in [0.15, 0.2) is 70.9 Å². The van der Waals surface area contributed by atoms with Crippen molar-refractivity contribution < 1.29 is 19.8 Å². The summed E-state index contributed by atoms with van der Waals surface area (Å²) in [5.74, 6) is -1.41. The summed E-state index contributed by atoms with van der Waals surface area (Å²) in [6, 6.07) is 16.8. The van der Waals surface area contributed by atoms with E-state index in [1.807, 2.05) is 0 Å². The molecule has 2 aromatic rings. The van der Waals surface area contributed by atoms with Crippen molar-refractivity contribution in [2.24, 2.45) is 10.2 Å². The van der Waals surface area contributed by atoms with E-state index in [-0.39, 0.29) is 0 Å². The molecule has 0 heterocycles. The number of hydrogen-bond donors (Lipinski definition) is 4. The van der Waals surface area contributed by atoms with Crippen LogP contribution in [0.4, 0.5) is 0 Å². The van der Waals surface area contributed by atoms with Crippen LogP contribution in [0.2, 0.25) is 0 Å². The zero-order valence-electron chi connectivity index (χ0n) is 13.7. The number of aliphatic hydroxyl groups excluding tert-OH is 2. The van der Waals surface area contributed by atoms with Crippen LogP contribution in [-0.2, 0) is 9.59 Å². The molecule has 0 bridgehead atoms. The molecule has 0 aliphatic heterocycles. The van der Waals surface area contributed by atoms with E-state index in [4.69, 9.17) is 0 Å². The Bertz CT molecular complexity index is 711. The summed E-state index contributed by atoms with van der Waals surface area (Å²) in [5, 5.41) is 26.8. The lowest BCUT2D eigenvalue weighted by Crippen LogP contribution is -2.26. The molecule has 0 radical (unpaired) electrons. The number of hydrogen-bond acceptors (Lipinski definition) is 6. The third-order valence-corrected chi connectivity index (χ3v) is 3.29. The zero-order valence-corrected chi connectivity index (χ0v) is 13.7. The molecule has 0 aliphatic carbocycles. The van der Waals surface area contributed by atoms with Gasteiger partial charge in [-0.3, -0.25) is 9.59 Å². The number of carbonyl (C=O) groups is 2. The molecule has 0 aromatic heterocycles. The quantitative estimate of drug-likeness (QED) is 0.431. The Morgan fingerprint density at radius 3 is 1.42 bits per heavy atom. The van der Waals surface area contributed by atoms with Gasteiger partial charge in [-0.2, -0.15) is 10.2 Å². The SMILES string of the molecule is O=C(N/N=C/C=N/NC(=O)C(O)c1ccccc1)C(O)c1ccccc1. The first-order chi connectivity index (χ1) is 12.6. The molecule has 2 amide bonds. The average Bonchev–Trinajstić information content (AvgIpc) is 2.70. The molecule has 0 saturated carbocycles. The number of benzene rings is 2. The molecule has 2 atom stereocenters. The summed E-state index contributed by atoms with van der Waals surface area (Å²) in [5.41, 5.74) is 5.17. The average molecular weight is 354 g/mol. The van der Waals surface area contributed by atoms with Crippen LogP contribution < -0.4 is 10.9 Å². The van der Waals surface area contributed by atoms with Gasteiger partial charge in [0.2, 0.25) is 0 Å². The first kappa shape index (κ1) is 19.0. The van der Waals surface area contributed by atoms with Crippen molar-refractivity contribution in [2.75, 3.05) is 0 Å². The lowest BCUT2D eigenvalue weighted by Gasteiger charge is -2.08. The molecule has 2 unspecified atom stereocenters. The third-order valence-electron chi connectivity index (χ3n) is 3.29. The minimum atomic E-state index is -1.34. The van der Waals surface area contributed by atoms with Gasteiger partial charge in [0.05, 0.1) is 12.4 Å². The Balaban J connectivity index is 1.76. The summed E-state index contributed by atoms with van der Waals surface area (Å²) >= 11 is 0. The number of aliphatic hydroxyl groups is 2. The first-order valence-electron chi connectivity index (χ1n) is 7.70. The van der Waals surface area contributed by atoms with E-state index in [0.29, 0.717) is 11.1 Å². The van der Waals surface area contributed by atoms with Gasteiger partial charge in [0, 0.05) is 0 Å². The molecule has 26 heavy (non-hydrogen) atoms. The second-order valence-electron chi connectivity index (χ2n) is 5.13. The molecule has 0 spiro atoms. The maximum atomic E-state index is 11.7. The van der Waals surface area contributed by atoms with Crippen LogP contribution in [0.5, 0.6) is 0 Å². The van der Waals surface area contributed by atoms with Gasteiger partial charge in [-0.1, -0.05) is 60.7 Å². The topological polar surface area (TPSA) is 123 Å². The predicted octanol–water partition coefficient (Wildman–Crippen LogP) is 0.658. The monoisotopic (exact) mass is 354 g/mol. The fourth-order valence-corrected chi connectivity index (χ4v) is 1.96. The van der Waals surface area contributed by atoms with Gasteiger partial charge in [0.15, 0.2) is 12.2 Å². The van der Waals surface area contributed by atoms with Gasteiger partial charge in [0.25, 0.3) is 11.8 Å². The molecule has 2 aromatic carbocycles. The largest absolute Gasteiger partial charge is 0.378 e. The molecule has 134 valence electrons. The molecular formula is C18H18N4O4. The normalized spacial score (nSPS) is 13.5. The summed E-state index contributed by atoms with van der Waals surface area (Å²) in [6.07, 6.45) is -0.452. The molecule has 2 rings (SSSR count). The minimum absolute atomic E-state index is 0.441. The van der Waals surface area contributed by atoms with E-state index in [9.17, 15) is 19.8 Å². The highest BCUT2D eigenvalue weighted by atomic mass is 16.3. The summed E-state index contributed by atoms with van der Waals surface area (Å²) in [7, 11) is 0. The van der Waals surface area contributed by atoms with Gasteiger partial charge in [-0.05, 0) is 11.1 Å². The fraction of sp³-hybridized carbons (Fsp3) is 0.111. The van der Waals surface area contributed by atoms with Crippen molar-refractivity contribution >= 4 is 24.2 Å². The highest BCUT2D eigenvalue weighted by molar-refractivity contribution is 6.16. The molecule has 0 fully saturated rings. The van der Waals surface area contributed by atoms with E-state index in [2.05, 4.69) is 21.1 Å². The molecule has 0 saturated heterocycles. The number of nitrogens with one attached hydrogen (secondary N) is 2. The van der Waals surface area contributed by atoms with E-state index in [1.54, 1.807) is 60.7 Å². The zero-order chi connectivity index (χ0) is 18.8. The lowest BCUT2D eigenvalue weighted by molar-refractivity contribution is -0.130. The summed E-state index contributed by atoms with van der Waals surface area (Å²) < 4.78 is 0. The van der Waals surface area contributed by atoms with Crippen LogP contribution >= 0.6 is 0 Å². The second-order valence-corrected chi connectivity index (χ2v) is 5.13. The number of hydrazone groups is 2. The van der Waals surface area contributed by atoms with Crippen molar-refractivity contribution in [3.05, 3.63) is 71.8 Å². The Hall–Kier alpha value is -3.36. The van der Waals surface area contributed by atoms with Crippen molar-refractivity contribution in [1.29, 1.82) is 0 Å². The predicted molar refractivity (Wildman–Crippen MR) is 96.1 cm³/mol. The maximum Gasteiger partial charge on any atom is 0.273 e. The van der Waals surface area contributed by atoms with E-state index in [1.165, 1.54) is 0 Å². The minimum Gasteiger partial charge on any atom is -0.378 e. The number of nitrogens with zero attached hydrogens (tertiary/aromatic N) is 2. The van der Waals surface area contributed by atoms with Crippen molar-refractivity contribution in [2.45, 2.75) is 12.2 Å². The Morgan fingerprint density at radius 2 is 1.08 bits per heavy atom. The third kappa shape index (κ3) is 5.62. The van der Waals surface area contributed by atoms with Crippen LogP contribution in [-0.4, -0.2) is 34.5 Å². The van der Waals surface area contributed by atoms with Gasteiger partial charge in [-0.25, -0.2) is 10.9 Å². The van der Waals surface area contributed by atoms with Crippen LogP contribution in [0.1, 0.15) is 23.3 Å². The maximum absolute atomic E-state index is 11.7. The number of amides is 2. The van der Waals surface area contributed by atoms with Gasteiger partial charge < -0.3 is 10.2 Å². The highest BCUT2D eigenvalue weighted by Crippen LogP contribution is 2.12. The molecular weight excluding hydrogens is 336 g/mol. The highest BCUT2D eigenvalue weighted by Gasteiger charge is 2.16. The van der Waals surface area contributed by atoms with Crippen molar-refractivity contribution in [3.8, 4) is 0 Å². The van der Waals surface area contributed by atoms with Crippen LogP contribution in [0.3, 0.4) is 0 Å². The summed E-state index contributed by atoms with van der Waals surface area (Å²) in [6.45, 7) is 0. The van der Waals surface area contributed by atoms with Crippen LogP contribution in [0, 0.1) is 0 Å². The Labute approximate surface area is 149 Å². The smallest absolute Gasteiger partial charge is 0.273 e. The lowest BCUT2D eigenvalue weighted by atomic mass is 10.1. The molecule has 8 nitrogen and oxygen atoms in total. The van der Waals surface area contributed by atoms with Crippen molar-refractivity contribution in [3.63, 3.8) is 0 Å². The molecule has 8 heteroatoms. The second kappa shape index (κ2) is 9.82. The molecule has 4 N–H and O–H groups in total. The fourth-order valence-electron chi connectivity index (χ4n) is 1.96. The Morgan fingerprint density at radius 1 is 0.731 bits per heavy atom. The van der Waals surface area contributed by atoms with Gasteiger partial charge in [0.1, 0.15) is 0 Å². The molecule has 0 aliphatic rings. The van der Waals surface area contributed by atoms with Crippen LogP contribution in [0.25, 0.3) is 0 Å². The summed E-state index contributed by atoms with van der Waals surface area (Å²) in [4.78, 5) is 23.4. The standard InChI is InChI=1S/C18H18N4O4/c23-15(13-7-3-1-4-8-13)17(25)21-19-11-12-20-22-18(26)16(24)14-9-5-2-6-10-14/h1-12,15-16,23-24H,(H,21,25)(H,22,26)/b19-11+,20-12+.